The van der Waals surface area contributed by atoms with Crippen LogP contribution in [-0.2, 0) is 4.79 Å². The summed E-state index contributed by atoms with van der Waals surface area (Å²) >= 11 is 0. The average Bonchev–Trinajstić information content (AvgIpc) is 2.03. The summed E-state index contributed by atoms with van der Waals surface area (Å²) in [6, 6.07) is 0. The number of carbonyl (C=O) groups excluding carboxylic acids is 1. The zero-order valence-corrected chi connectivity index (χ0v) is 7.87. The molecule has 1 amide bonds. The summed E-state index contributed by atoms with van der Waals surface area (Å²) in [7, 11) is 3.37. The molecule has 12 heavy (non-hydrogen) atoms. The van der Waals surface area contributed by atoms with Crippen LogP contribution in [0.5, 0.6) is 0 Å². The number of hydrogen-bond acceptors (Lipinski definition) is 3. The van der Waals surface area contributed by atoms with E-state index in [-0.39, 0.29) is 12.5 Å². The van der Waals surface area contributed by atoms with Gasteiger partial charge < -0.3 is 9.80 Å². The second kappa shape index (κ2) is 5.42. The number of carbonyl (C=O) groups is 1. The minimum Gasteiger partial charge on any atom is -0.347 e. The minimum absolute atomic E-state index is 0.0370. The predicted octanol–water partition coefficient (Wildman–Crippen LogP) is 0.268. The fourth-order valence-corrected chi connectivity index (χ4v) is 0.739. The van der Waals surface area contributed by atoms with Crippen molar-refractivity contribution in [1.29, 1.82) is 5.26 Å². The van der Waals surface area contributed by atoms with Crippen LogP contribution in [0.3, 0.4) is 0 Å². The van der Waals surface area contributed by atoms with Gasteiger partial charge in [-0.1, -0.05) is 6.92 Å². The van der Waals surface area contributed by atoms with E-state index in [1.807, 2.05) is 13.1 Å². The third-order valence-electron chi connectivity index (χ3n) is 1.46. The van der Waals surface area contributed by atoms with E-state index in [0.29, 0.717) is 6.54 Å². The summed E-state index contributed by atoms with van der Waals surface area (Å²) in [5.41, 5.74) is 0. The van der Waals surface area contributed by atoms with Gasteiger partial charge in [-0.25, -0.2) is 0 Å². The number of nitrogens with zero attached hydrogens (tertiary/aromatic N) is 3. The van der Waals surface area contributed by atoms with E-state index in [1.165, 1.54) is 9.80 Å². The Morgan fingerprint density at radius 2 is 2.08 bits per heavy atom. The van der Waals surface area contributed by atoms with Crippen LogP contribution in [0.1, 0.15) is 13.3 Å². The molecular weight excluding hydrogens is 154 g/mol. The molecule has 0 saturated heterocycles. The van der Waals surface area contributed by atoms with Crippen molar-refractivity contribution in [2.45, 2.75) is 13.3 Å². The van der Waals surface area contributed by atoms with Gasteiger partial charge in [0.2, 0.25) is 5.91 Å². The van der Waals surface area contributed by atoms with Gasteiger partial charge in [0.1, 0.15) is 6.54 Å². The molecule has 0 spiro atoms. The Balaban J connectivity index is 3.88. The summed E-state index contributed by atoms with van der Waals surface area (Å²) in [5, 5.41) is 8.59. The molecule has 0 aromatic rings. The van der Waals surface area contributed by atoms with Gasteiger partial charge >= 0.3 is 0 Å². The summed E-state index contributed by atoms with van der Waals surface area (Å²) in [5.74, 6) is -0.0370. The quantitative estimate of drug-likeness (QED) is 0.448. The summed E-state index contributed by atoms with van der Waals surface area (Å²) in [4.78, 5) is 14.1. The highest BCUT2D eigenvalue weighted by atomic mass is 16.2. The third kappa shape index (κ3) is 3.81. The molecule has 68 valence electrons. The topological polar surface area (TPSA) is 47.3 Å². The van der Waals surface area contributed by atoms with Crippen molar-refractivity contribution >= 4 is 5.91 Å². The van der Waals surface area contributed by atoms with Crippen LogP contribution in [0.15, 0.2) is 0 Å². The van der Waals surface area contributed by atoms with E-state index >= 15 is 0 Å². The Morgan fingerprint density at radius 1 is 1.50 bits per heavy atom. The molecule has 0 rings (SSSR count). The van der Waals surface area contributed by atoms with E-state index in [4.69, 9.17) is 5.26 Å². The molecule has 0 radical (unpaired) electrons. The Morgan fingerprint density at radius 3 is 2.42 bits per heavy atom. The summed E-state index contributed by atoms with van der Waals surface area (Å²) in [6.45, 7) is 2.82. The van der Waals surface area contributed by atoms with Crippen LogP contribution < -0.4 is 0 Å². The standard InChI is InChI=1S/C8H15N3O/c1-4-5-11(7-9)6-8(12)10(2)3/h4-6H2,1-3H3. The molecule has 0 fully saturated rings. The van der Waals surface area contributed by atoms with Gasteiger partial charge in [0.25, 0.3) is 0 Å². The number of hydrogen-bond donors (Lipinski definition) is 0. The number of likely N-dealkylation sites (N-methyl/N-ethyl adjacent to an activating group) is 1. The molecule has 0 aromatic heterocycles. The van der Waals surface area contributed by atoms with E-state index in [9.17, 15) is 4.79 Å². The Labute approximate surface area is 73.4 Å². The lowest BCUT2D eigenvalue weighted by molar-refractivity contribution is -0.129. The van der Waals surface area contributed by atoms with Crippen molar-refractivity contribution in [2.24, 2.45) is 0 Å². The van der Waals surface area contributed by atoms with Crippen molar-refractivity contribution in [3.63, 3.8) is 0 Å². The van der Waals surface area contributed by atoms with Crippen molar-refractivity contribution in [3.8, 4) is 6.19 Å². The van der Waals surface area contributed by atoms with Crippen LogP contribution >= 0.6 is 0 Å². The predicted molar refractivity (Wildman–Crippen MR) is 46.2 cm³/mol. The molecule has 0 saturated carbocycles. The second-order valence-corrected chi connectivity index (χ2v) is 2.81. The molecule has 0 aliphatic heterocycles. The lowest BCUT2D eigenvalue weighted by Crippen LogP contribution is -2.34. The van der Waals surface area contributed by atoms with Crippen molar-refractivity contribution in [2.75, 3.05) is 27.2 Å². The minimum atomic E-state index is -0.0370. The highest BCUT2D eigenvalue weighted by molar-refractivity contribution is 5.77. The van der Waals surface area contributed by atoms with Gasteiger partial charge in [-0.2, -0.15) is 5.26 Å². The lowest BCUT2D eigenvalue weighted by atomic mass is 10.4. The van der Waals surface area contributed by atoms with Crippen LogP contribution in [0, 0.1) is 11.5 Å². The molecule has 0 aliphatic carbocycles. The first-order chi connectivity index (χ1) is 5.61. The highest BCUT2D eigenvalue weighted by Crippen LogP contribution is 1.90. The normalized spacial score (nSPS) is 8.83. The molecule has 4 nitrogen and oxygen atoms in total. The van der Waals surface area contributed by atoms with Crippen LogP contribution in [0.25, 0.3) is 0 Å². The van der Waals surface area contributed by atoms with E-state index in [0.717, 1.165) is 6.42 Å². The van der Waals surface area contributed by atoms with E-state index < -0.39 is 0 Å². The van der Waals surface area contributed by atoms with Crippen LogP contribution in [0.2, 0.25) is 0 Å². The third-order valence-corrected chi connectivity index (χ3v) is 1.46. The largest absolute Gasteiger partial charge is 0.347 e. The average molecular weight is 169 g/mol. The molecule has 0 bridgehead atoms. The van der Waals surface area contributed by atoms with Gasteiger partial charge in [0, 0.05) is 20.6 Å². The maximum absolute atomic E-state index is 11.1. The fraction of sp³-hybridized carbons (Fsp3) is 0.750. The Kier molecular flexibility index (Phi) is 4.86. The lowest BCUT2D eigenvalue weighted by Gasteiger charge is -2.16. The van der Waals surface area contributed by atoms with E-state index in [2.05, 4.69) is 0 Å². The van der Waals surface area contributed by atoms with Gasteiger partial charge in [-0.3, -0.25) is 4.79 Å². The Hall–Kier alpha value is -1.24. The zero-order valence-electron chi connectivity index (χ0n) is 7.87. The monoisotopic (exact) mass is 169 g/mol. The summed E-state index contributed by atoms with van der Waals surface area (Å²) < 4.78 is 0. The number of amides is 1. The molecule has 0 aliphatic rings. The maximum Gasteiger partial charge on any atom is 0.242 e. The number of rotatable bonds is 4. The molecule has 0 atom stereocenters. The first-order valence-electron chi connectivity index (χ1n) is 3.96. The van der Waals surface area contributed by atoms with Gasteiger partial charge in [0.15, 0.2) is 6.19 Å². The smallest absolute Gasteiger partial charge is 0.242 e. The highest BCUT2D eigenvalue weighted by Gasteiger charge is 2.08. The van der Waals surface area contributed by atoms with Crippen molar-refractivity contribution in [1.82, 2.24) is 9.80 Å². The molecule has 0 unspecified atom stereocenters. The summed E-state index contributed by atoms with van der Waals surface area (Å²) in [6.07, 6.45) is 2.86. The first-order valence-corrected chi connectivity index (χ1v) is 3.96. The van der Waals surface area contributed by atoms with E-state index in [1.54, 1.807) is 14.1 Å². The molecule has 0 aromatic carbocycles. The van der Waals surface area contributed by atoms with Crippen molar-refractivity contribution < 1.29 is 4.79 Å². The molecular formula is C8H15N3O. The Bertz CT molecular complexity index is 183. The van der Waals surface area contributed by atoms with Crippen molar-refractivity contribution in [3.05, 3.63) is 0 Å². The molecule has 0 heterocycles. The number of nitriles is 1. The maximum atomic E-state index is 11.1. The van der Waals surface area contributed by atoms with Crippen LogP contribution in [-0.4, -0.2) is 42.9 Å². The second-order valence-electron chi connectivity index (χ2n) is 2.81. The zero-order chi connectivity index (χ0) is 9.56. The first kappa shape index (κ1) is 10.8. The SMILES string of the molecule is CCCN(C#N)CC(=O)N(C)C. The van der Waals surface area contributed by atoms with Gasteiger partial charge in [-0.05, 0) is 6.42 Å². The fourth-order valence-electron chi connectivity index (χ4n) is 0.739. The van der Waals surface area contributed by atoms with Crippen LogP contribution in [0.4, 0.5) is 0 Å². The molecule has 4 heteroatoms. The molecule has 0 N–H and O–H groups in total. The van der Waals surface area contributed by atoms with Gasteiger partial charge in [0.05, 0.1) is 0 Å². The van der Waals surface area contributed by atoms with Gasteiger partial charge in [-0.15, -0.1) is 0 Å².